The lowest BCUT2D eigenvalue weighted by Crippen LogP contribution is -2.41. The van der Waals surface area contributed by atoms with Gasteiger partial charge in [0.2, 0.25) is 0 Å². The quantitative estimate of drug-likeness (QED) is 0.797. The van der Waals surface area contributed by atoms with Crippen molar-refractivity contribution in [3.05, 3.63) is 54.1 Å². The molecule has 2 aromatic rings. The molecule has 0 saturated carbocycles. The molecule has 3 rings (SSSR count). The summed E-state index contributed by atoms with van der Waals surface area (Å²) in [4.78, 5) is 8.46. The Morgan fingerprint density at radius 1 is 1.04 bits per heavy atom. The number of aromatic nitrogens is 2. The van der Waals surface area contributed by atoms with E-state index in [0.717, 1.165) is 11.3 Å². The maximum absolute atomic E-state index is 14.6. The van der Waals surface area contributed by atoms with Crippen LogP contribution in [0.3, 0.4) is 0 Å². The van der Waals surface area contributed by atoms with Gasteiger partial charge in [0.25, 0.3) is 0 Å². The van der Waals surface area contributed by atoms with Crippen LogP contribution in [0.2, 0.25) is 0 Å². The fourth-order valence-electron chi connectivity index (χ4n) is 2.38. The molecule has 2 aromatic heterocycles. The van der Waals surface area contributed by atoms with Gasteiger partial charge >= 0.3 is 7.12 Å². The van der Waals surface area contributed by atoms with Crippen LogP contribution in [0.25, 0.3) is 17.3 Å². The summed E-state index contributed by atoms with van der Waals surface area (Å²) in [6, 6.07) is 9.18. The first-order valence-electron chi connectivity index (χ1n) is 7.89. The summed E-state index contributed by atoms with van der Waals surface area (Å²) in [6.45, 7) is 7.57. The molecule has 0 atom stereocenters. The Balaban J connectivity index is 1.84. The van der Waals surface area contributed by atoms with Crippen molar-refractivity contribution in [2.24, 2.45) is 0 Å². The maximum Gasteiger partial charge on any atom is 0.525 e. The molecule has 0 aromatic carbocycles. The predicted octanol–water partition coefficient (Wildman–Crippen LogP) is 4.09. The number of halogens is 1. The van der Waals surface area contributed by atoms with Crippen LogP contribution < -0.4 is 0 Å². The minimum atomic E-state index is -1.01. The highest BCUT2D eigenvalue weighted by Crippen LogP contribution is 2.39. The molecule has 1 fully saturated rings. The Morgan fingerprint density at radius 3 is 2.29 bits per heavy atom. The zero-order valence-electron chi connectivity index (χ0n) is 14.3. The molecule has 0 spiro atoms. The lowest BCUT2D eigenvalue weighted by molar-refractivity contribution is 0.00578. The highest BCUT2D eigenvalue weighted by molar-refractivity contribution is 6.54. The Bertz CT molecular complexity index is 747. The van der Waals surface area contributed by atoms with Gasteiger partial charge in [0.1, 0.15) is 5.73 Å². The van der Waals surface area contributed by atoms with Crippen molar-refractivity contribution in [3.8, 4) is 11.3 Å². The number of pyridine rings is 2. The fraction of sp³-hybridized carbons (Fsp3) is 0.333. The largest absolute Gasteiger partial charge is 0.525 e. The Hall–Kier alpha value is -2.05. The van der Waals surface area contributed by atoms with Crippen LogP contribution in [0.4, 0.5) is 4.39 Å². The molecule has 124 valence electrons. The van der Waals surface area contributed by atoms with Gasteiger partial charge in [0.15, 0.2) is 0 Å². The van der Waals surface area contributed by atoms with Crippen LogP contribution in [0.5, 0.6) is 0 Å². The topological polar surface area (TPSA) is 44.2 Å². The van der Waals surface area contributed by atoms with Crippen molar-refractivity contribution in [2.45, 2.75) is 38.9 Å². The molecule has 0 amide bonds. The SMILES string of the molecule is CC1(C)OB(C(F)=Cc2cccc(-c3ccncc3)n2)OC1(C)C. The predicted molar refractivity (Wildman–Crippen MR) is 92.6 cm³/mol. The zero-order chi connectivity index (χ0) is 17.4. The van der Waals surface area contributed by atoms with Gasteiger partial charge in [-0.1, -0.05) is 6.07 Å². The molecule has 1 aliphatic rings. The molecule has 3 heterocycles. The molecule has 6 heteroatoms. The van der Waals surface area contributed by atoms with Crippen LogP contribution in [-0.2, 0) is 9.31 Å². The van der Waals surface area contributed by atoms with Crippen LogP contribution >= 0.6 is 0 Å². The van der Waals surface area contributed by atoms with Gasteiger partial charge in [-0.05, 0) is 58.0 Å². The Morgan fingerprint density at radius 2 is 1.67 bits per heavy atom. The molecule has 4 nitrogen and oxygen atoms in total. The molecule has 1 saturated heterocycles. The smallest absolute Gasteiger partial charge is 0.398 e. The Kier molecular flexibility index (Phi) is 4.28. The molecule has 0 radical (unpaired) electrons. The number of rotatable bonds is 3. The number of nitrogens with zero attached hydrogens (tertiary/aromatic N) is 2. The van der Waals surface area contributed by atoms with Crippen LogP contribution in [0.1, 0.15) is 33.4 Å². The van der Waals surface area contributed by atoms with Crippen molar-refractivity contribution in [3.63, 3.8) is 0 Å². The lowest BCUT2D eigenvalue weighted by atomic mass is 9.87. The normalized spacial score (nSPS) is 19.5. The van der Waals surface area contributed by atoms with E-state index in [2.05, 4.69) is 9.97 Å². The van der Waals surface area contributed by atoms with Crippen molar-refractivity contribution in [2.75, 3.05) is 0 Å². The standard InChI is InChI=1S/C18H20BFN2O2/c1-17(2)18(3,4)24-19(23-17)16(20)12-14-6-5-7-15(22-14)13-8-10-21-11-9-13/h5-12H,1-4H3. The van der Waals surface area contributed by atoms with E-state index in [1.807, 2.05) is 52.0 Å². The van der Waals surface area contributed by atoms with Gasteiger partial charge in [-0.3, -0.25) is 4.98 Å². The lowest BCUT2D eigenvalue weighted by Gasteiger charge is -2.32. The van der Waals surface area contributed by atoms with E-state index in [-0.39, 0.29) is 0 Å². The summed E-state index contributed by atoms with van der Waals surface area (Å²) in [7, 11) is -1.01. The monoisotopic (exact) mass is 326 g/mol. The van der Waals surface area contributed by atoms with Gasteiger partial charge in [0, 0.05) is 18.0 Å². The maximum atomic E-state index is 14.6. The van der Waals surface area contributed by atoms with E-state index in [0.29, 0.717) is 5.69 Å². The third-order valence-corrected chi connectivity index (χ3v) is 4.51. The molecule has 1 aliphatic heterocycles. The third kappa shape index (κ3) is 3.25. The van der Waals surface area contributed by atoms with Crippen molar-refractivity contribution < 1.29 is 13.7 Å². The fourth-order valence-corrected chi connectivity index (χ4v) is 2.38. The van der Waals surface area contributed by atoms with E-state index < -0.39 is 24.0 Å². The number of hydrogen-bond donors (Lipinski definition) is 0. The van der Waals surface area contributed by atoms with Gasteiger partial charge in [0.05, 0.1) is 22.6 Å². The summed E-state index contributed by atoms with van der Waals surface area (Å²) in [6.07, 6.45) is 4.75. The van der Waals surface area contributed by atoms with Crippen molar-refractivity contribution in [1.29, 1.82) is 0 Å². The van der Waals surface area contributed by atoms with Crippen LogP contribution in [0, 0.1) is 0 Å². The summed E-state index contributed by atoms with van der Waals surface area (Å²) in [5, 5.41) is 0. The van der Waals surface area contributed by atoms with Gasteiger partial charge in [-0.15, -0.1) is 0 Å². The highest BCUT2D eigenvalue weighted by Gasteiger charge is 2.53. The molecule has 0 bridgehead atoms. The molecule has 0 unspecified atom stereocenters. The van der Waals surface area contributed by atoms with E-state index >= 15 is 0 Å². The van der Waals surface area contributed by atoms with E-state index in [9.17, 15) is 4.39 Å². The minimum absolute atomic E-state index is 0.493. The number of hydrogen-bond acceptors (Lipinski definition) is 4. The first-order chi connectivity index (χ1) is 11.3. The summed E-state index contributed by atoms with van der Waals surface area (Å²) < 4.78 is 26.0. The second-order valence-corrected chi connectivity index (χ2v) is 6.80. The van der Waals surface area contributed by atoms with Gasteiger partial charge in [-0.2, -0.15) is 0 Å². The summed E-state index contributed by atoms with van der Waals surface area (Å²) >= 11 is 0. The summed E-state index contributed by atoms with van der Waals surface area (Å²) in [5.74, 6) is 0. The summed E-state index contributed by atoms with van der Waals surface area (Å²) in [5.41, 5.74) is 0.554. The molecular weight excluding hydrogens is 306 g/mol. The second-order valence-electron chi connectivity index (χ2n) is 6.80. The van der Waals surface area contributed by atoms with Gasteiger partial charge in [-0.25, -0.2) is 9.37 Å². The van der Waals surface area contributed by atoms with Crippen molar-refractivity contribution in [1.82, 2.24) is 9.97 Å². The highest BCUT2D eigenvalue weighted by atomic mass is 19.1. The first kappa shape index (κ1) is 16.8. The molecule has 0 N–H and O–H groups in total. The average Bonchev–Trinajstić information content (AvgIpc) is 2.77. The molecule has 0 aliphatic carbocycles. The van der Waals surface area contributed by atoms with Crippen molar-refractivity contribution >= 4 is 13.2 Å². The Labute approximate surface area is 141 Å². The average molecular weight is 326 g/mol. The van der Waals surface area contributed by atoms with Gasteiger partial charge < -0.3 is 9.31 Å². The molecular formula is C18H20BFN2O2. The zero-order valence-corrected chi connectivity index (χ0v) is 14.3. The second kappa shape index (κ2) is 6.11. The van der Waals surface area contributed by atoms with Crippen LogP contribution in [-0.4, -0.2) is 28.3 Å². The van der Waals surface area contributed by atoms with E-state index in [4.69, 9.17) is 9.31 Å². The first-order valence-corrected chi connectivity index (χ1v) is 7.89. The van der Waals surface area contributed by atoms with E-state index in [1.165, 1.54) is 6.08 Å². The molecule has 24 heavy (non-hydrogen) atoms. The minimum Gasteiger partial charge on any atom is -0.398 e. The third-order valence-electron chi connectivity index (χ3n) is 4.51. The van der Waals surface area contributed by atoms with E-state index in [1.54, 1.807) is 18.5 Å². The van der Waals surface area contributed by atoms with Crippen LogP contribution in [0.15, 0.2) is 48.5 Å².